The summed E-state index contributed by atoms with van der Waals surface area (Å²) in [7, 11) is 3.12. The zero-order valence-corrected chi connectivity index (χ0v) is 18.2. The summed E-state index contributed by atoms with van der Waals surface area (Å²) >= 11 is 0. The highest BCUT2D eigenvalue weighted by Gasteiger charge is 2.18. The molecule has 1 saturated heterocycles. The molecule has 1 aliphatic heterocycles. The minimum atomic E-state index is -0.239. The topological polar surface area (TPSA) is 85.8 Å². The molecule has 0 unspecified atom stereocenters. The molecule has 3 aromatic rings. The van der Waals surface area contributed by atoms with Gasteiger partial charge in [0.15, 0.2) is 17.3 Å². The molecule has 2 aromatic carbocycles. The lowest BCUT2D eigenvalue weighted by Crippen LogP contribution is -2.30. The number of carbonyl (C=O) groups excluding carboxylic acids is 1. The van der Waals surface area contributed by atoms with Crippen molar-refractivity contribution in [2.75, 3.05) is 37.5 Å². The number of benzene rings is 2. The van der Waals surface area contributed by atoms with Crippen molar-refractivity contribution in [3.8, 4) is 23.1 Å². The monoisotopic (exact) mass is 434 g/mol. The maximum absolute atomic E-state index is 12.6. The quantitative estimate of drug-likeness (QED) is 0.585. The van der Waals surface area contributed by atoms with Gasteiger partial charge in [-0.25, -0.2) is 9.97 Å². The van der Waals surface area contributed by atoms with Gasteiger partial charge in [-0.2, -0.15) is 0 Å². The SMILES string of the molecule is COc1ccc(NC(=O)c2ccc(Oc3nccnc3N3CCCCC3)cc2)cc1OC. The molecule has 166 valence electrons. The first-order valence-electron chi connectivity index (χ1n) is 10.5. The van der Waals surface area contributed by atoms with Crippen LogP contribution in [0.15, 0.2) is 54.9 Å². The van der Waals surface area contributed by atoms with Crippen molar-refractivity contribution in [3.63, 3.8) is 0 Å². The number of rotatable bonds is 7. The molecule has 8 heteroatoms. The molecule has 32 heavy (non-hydrogen) atoms. The predicted octanol–water partition coefficient (Wildman–Crippen LogP) is 4.53. The molecule has 1 aromatic heterocycles. The minimum Gasteiger partial charge on any atom is -0.493 e. The van der Waals surface area contributed by atoms with E-state index in [1.54, 1.807) is 69.1 Å². The molecule has 8 nitrogen and oxygen atoms in total. The molecule has 1 aliphatic rings. The number of hydrogen-bond acceptors (Lipinski definition) is 7. The number of ether oxygens (including phenoxy) is 3. The number of amides is 1. The highest BCUT2D eigenvalue weighted by atomic mass is 16.5. The normalized spacial score (nSPS) is 13.4. The minimum absolute atomic E-state index is 0.239. The van der Waals surface area contributed by atoms with Gasteiger partial charge < -0.3 is 24.4 Å². The molecule has 0 saturated carbocycles. The van der Waals surface area contributed by atoms with E-state index in [4.69, 9.17) is 14.2 Å². The zero-order chi connectivity index (χ0) is 22.3. The lowest BCUT2D eigenvalue weighted by atomic mass is 10.1. The van der Waals surface area contributed by atoms with E-state index in [-0.39, 0.29) is 5.91 Å². The molecule has 0 radical (unpaired) electrons. The first-order valence-corrected chi connectivity index (χ1v) is 10.5. The van der Waals surface area contributed by atoms with E-state index >= 15 is 0 Å². The average molecular weight is 434 g/mol. The number of nitrogens with zero attached hydrogens (tertiary/aromatic N) is 3. The Balaban J connectivity index is 1.44. The first kappa shape index (κ1) is 21.4. The van der Waals surface area contributed by atoms with Gasteiger partial charge in [0, 0.05) is 42.8 Å². The highest BCUT2D eigenvalue weighted by Crippen LogP contribution is 2.31. The molecule has 0 spiro atoms. The lowest BCUT2D eigenvalue weighted by molar-refractivity contribution is 0.102. The van der Waals surface area contributed by atoms with Crippen molar-refractivity contribution in [1.29, 1.82) is 0 Å². The summed E-state index contributed by atoms with van der Waals surface area (Å²) in [5, 5.41) is 2.86. The maximum atomic E-state index is 12.6. The van der Waals surface area contributed by atoms with Gasteiger partial charge in [-0.15, -0.1) is 0 Å². The van der Waals surface area contributed by atoms with Crippen molar-refractivity contribution in [3.05, 3.63) is 60.4 Å². The summed E-state index contributed by atoms with van der Waals surface area (Å²) in [6.45, 7) is 1.90. The largest absolute Gasteiger partial charge is 0.493 e. The van der Waals surface area contributed by atoms with Crippen LogP contribution in [0, 0.1) is 0 Å². The van der Waals surface area contributed by atoms with Crippen molar-refractivity contribution in [2.24, 2.45) is 0 Å². The fraction of sp³-hybridized carbons (Fsp3) is 0.292. The molecular formula is C24H26N4O4. The maximum Gasteiger partial charge on any atom is 0.263 e. The van der Waals surface area contributed by atoms with E-state index < -0.39 is 0 Å². The molecule has 0 aliphatic carbocycles. The van der Waals surface area contributed by atoms with Gasteiger partial charge in [0.25, 0.3) is 11.8 Å². The van der Waals surface area contributed by atoms with E-state index in [1.165, 1.54) is 6.42 Å². The fourth-order valence-electron chi connectivity index (χ4n) is 3.62. The Labute approximate surface area is 187 Å². The Hall–Kier alpha value is -3.81. The van der Waals surface area contributed by atoms with Crippen molar-refractivity contribution in [2.45, 2.75) is 19.3 Å². The highest BCUT2D eigenvalue weighted by molar-refractivity contribution is 6.04. The van der Waals surface area contributed by atoms with Gasteiger partial charge in [-0.3, -0.25) is 4.79 Å². The fourth-order valence-corrected chi connectivity index (χ4v) is 3.62. The smallest absolute Gasteiger partial charge is 0.263 e. The number of nitrogens with one attached hydrogen (secondary N) is 1. The van der Waals surface area contributed by atoms with Crippen LogP contribution >= 0.6 is 0 Å². The van der Waals surface area contributed by atoms with E-state index in [9.17, 15) is 4.79 Å². The molecule has 1 N–H and O–H groups in total. The molecule has 0 atom stereocenters. The van der Waals surface area contributed by atoms with Crippen LogP contribution in [0.1, 0.15) is 29.6 Å². The van der Waals surface area contributed by atoms with Crippen molar-refractivity contribution in [1.82, 2.24) is 9.97 Å². The summed E-state index contributed by atoms with van der Waals surface area (Å²) in [5.74, 6) is 2.71. The van der Waals surface area contributed by atoms with E-state index in [2.05, 4.69) is 20.2 Å². The number of piperidine rings is 1. The standard InChI is InChI=1S/C24H26N4O4/c1-30-20-11-8-18(16-21(20)31-2)27-23(29)17-6-9-19(10-7-17)32-24-22(25-12-13-26-24)28-14-4-3-5-15-28/h6-13,16H,3-5,14-15H2,1-2H3,(H,27,29). The summed E-state index contributed by atoms with van der Waals surface area (Å²) in [5.41, 5.74) is 1.11. The summed E-state index contributed by atoms with van der Waals surface area (Å²) in [6, 6.07) is 12.1. The van der Waals surface area contributed by atoms with Crippen LogP contribution < -0.4 is 24.4 Å². The Morgan fingerprint density at radius 1 is 0.906 bits per heavy atom. The second kappa shape index (κ2) is 10.00. The van der Waals surface area contributed by atoms with Gasteiger partial charge in [0.05, 0.1) is 14.2 Å². The van der Waals surface area contributed by atoms with Gasteiger partial charge in [-0.1, -0.05) is 0 Å². The van der Waals surface area contributed by atoms with Crippen LogP contribution in [-0.4, -0.2) is 43.2 Å². The third kappa shape index (κ3) is 4.91. The summed E-state index contributed by atoms with van der Waals surface area (Å²) in [4.78, 5) is 23.7. The van der Waals surface area contributed by atoms with E-state index in [1.807, 2.05) is 0 Å². The third-order valence-corrected chi connectivity index (χ3v) is 5.27. The van der Waals surface area contributed by atoms with Gasteiger partial charge in [0.2, 0.25) is 0 Å². The molecule has 4 rings (SSSR count). The zero-order valence-electron chi connectivity index (χ0n) is 18.2. The number of carbonyl (C=O) groups is 1. The molecule has 2 heterocycles. The van der Waals surface area contributed by atoms with Gasteiger partial charge in [-0.05, 0) is 55.7 Å². The first-order chi connectivity index (χ1) is 15.7. The van der Waals surface area contributed by atoms with Crippen LogP contribution in [0.4, 0.5) is 11.5 Å². The summed E-state index contributed by atoms with van der Waals surface area (Å²) in [6.07, 6.45) is 6.81. The molecule has 0 bridgehead atoms. The van der Waals surface area contributed by atoms with Crippen LogP contribution in [0.25, 0.3) is 0 Å². The number of aromatic nitrogens is 2. The second-order valence-corrected chi connectivity index (χ2v) is 7.38. The molecule has 1 amide bonds. The Morgan fingerprint density at radius 2 is 1.62 bits per heavy atom. The number of methoxy groups -OCH3 is 2. The van der Waals surface area contributed by atoms with Gasteiger partial charge >= 0.3 is 0 Å². The lowest BCUT2D eigenvalue weighted by Gasteiger charge is -2.28. The van der Waals surface area contributed by atoms with Crippen LogP contribution in [-0.2, 0) is 0 Å². The van der Waals surface area contributed by atoms with Crippen molar-refractivity contribution >= 4 is 17.4 Å². The van der Waals surface area contributed by atoms with Crippen LogP contribution in [0.2, 0.25) is 0 Å². The second-order valence-electron chi connectivity index (χ2n) is 7.38. The van der Waals surface area contributed by atoms with E-state index in [0.717, 1.165) is 31.7 Å². The number of anilines is 2. The van der Waals surface area contributed by atoms with Crippen LogP contribution in [0.5, 0.6) is 23.1 Å². The Kier molecular flexibility index (Phi) is 6.69. The van der Waals surface area contributed by atoms with Crippen LogP contribution in [0.3, 0.4) is 0 Å². The number of hydrogen-bond donors (Lipinski definition) is 1. The predicted molar refractivity (Wildman–Crippen MR) is 122 cm³/mol. The molecule has 1 fully saturated rings. The van der Waals surface area contributed by atoms with Crippen molar-refractivity contribution < 1.29 is 19.0 Å². The average Bonchev–Trinajstić information content (AvgIpc) is 2.85. The Morgan fingerprint density at radius 3 is 2.34 bits per heavy atom. The van der Waals surface area contributed by atoms with Gasteiger partial charge in [0.1, 0.15) is 5.75 Å². The van der Waals surface area contributed by atoms with E-state index in [0.29, 0.717) is 34.4 Å². The molecular weight excluding hydrogens is 408 g/mol. The Bertz CT molecular complexity index is 1070. The third-order valence-electron chi connectivity index (χ3n) is 5.27. The summed E-state index contributed by atoms with van der Waals surface area (Å²) < 4.78 is 16.5.